The first-order chi connectivity index (χ1) is 14.0. The molecule has 2 heterocycles. The lowest BCUT2D eigenvalue weighted by molar-refractivity contribution is 0.628. The lowest BCUT2D eigenvalue weighted by atomic mass is 10.0. The number of fused-ring (bicyclic) bond motifs is 1. The van der Waals surface area contributed by atoms with Crippen molar-refractivity contribution in [2.75, 3.05) is 17.7 Å². The Bertz CT molecular complexity index is 1280. The summed E-state index contributed by atoms with van der Waals surface area (Å²) in [6.45, 7) is 0. The molecule has 29 heavy (non-hydrogen) atoms. The second-order valence-corrected chi connectivity index (χ2v) is 6.30. The van der Waals surface area contributed by atoms with E-state index >= 15 is 0 Å². The third kappa shape index (κ3) is 3.19. The fourth-order valence-electron chi connectivity index (χ4n) is 3.12. The van der Waals surface area contributed by atoms with Gasteiger partial charge in [-0.05, 0) is 35.9 Å². The fraction of sp³-hybridized carbons (Fsp3) is 0.0476. The van der Waals surface area contributed by atoms with E-state index in [0.29, 0.717) is 27.8 Å². The van der Waals surface area contributed by atoms with Gasteiger partial charge in [-0.3, -0.25) is 0 Å². The lowest BCUT2D eigenvalue weighted by Crippen LogP contribution is -2.17. The minimum Gasteiger partial charge on any atom is -0.382 e. The highest BCUT2D eigenvalue weighted by atomic mass is 19.1. The predicted octanol–water partition coefficient (Wildman–Crippen LogP) is 4.19. The molecule has 0 amide bonds. The maximum Gasteiger partial charge on any atom is 0.157 e. The number of anilines is 3. The molecule has 0 aliphatic rings. The van der Waals surface area contributed by atoms with Crippen molar-refractivity contribution in [1.29, 1.82) is 5.26 Å². The molecule has 0 radical (unpaired) electrons. The van der Waals surface area contributed by atoms with Crippen molar-refractivity contribution < 1.29 is 8.78 Å². The van der Waals surface area contributed by atoms with Gasteiger partial charge in [-0.15, -0.1) is 0 Å². The van der Waals surface area contributed by atoms with Gasteiger partial charge in [0.2, 0.25) is 0 Å². The van der Waals surface area contributed by atoms with E-state index in [9.17, 15) is 14.0 Å². The van der Waals surface area contributed by atoms with Crippen molar-refractivity contribution >= 4 is 28.4 Å². The molecule has 0 aliphatic heterocycles. The van der Waals surface area contributed by atoms with Crippen molar-refractivity contribution in [3.63, 3.8) is 0 Å². The molecule has 2 aromatic heterocycles. The Labute approximate surface area is 164 Å². The molecule has 0 saturated carbocycles. The molecule has 0 unspecified atom stereocenters. The molecule has 0 saturated heterocycles. The Hall–Kier alpha value is -4.12. The van der Waals surface area contributed by atoms with Crippen LogP contribution in [0.3, 0.4) is 0 Å². The third-order valence-electron chi connectivity index (χ3n) is 4.53. The molecular weight excluding hydrogens is 374 g/mol. The van der Waals surface area contributed by atoms with Crippen molar-refractivity contribution in [2.24, 2.45) is 0 Å². The van der Waals surface area contributed by atoms with E-state index in [1.54, 1.807) is 42.3 Å². The lowest BCUT2D eigenvalue weighted by Gasteiger charge is -2.22. The van der Waals surface area contributed by atoms with Crippen LogP contribution in [0.2, 0.25) is 0 Å². The van der Waals surface area contributed by atoms with E-state index in [1.807, 2.05) is 6.07 Å². The van der Waals surface area contributed by atoms with Crippen LogP contribution in [0.1, 0.15) is 5.56 Å². The van der Waals surface area contributed by atoms with Gasteiger partial charge in [-0.2, -0.15) is 5.26 Å². The zero-order chi connectivity index (χ0) is 20.5. The number of hydrogen-bond donors (Lipinski definition) is 1. The van der Waals surface area contributed by atoms with Crippen LogP contribution in [-0.4, -0.2) is 22.0 Å². The first-order valence-electron chi connectivity index (χ1n) is 8.59. The van der Waals surface area contributed by atoms with Crippen LogP contribution in [-0.2, 0) is 0 Å². The van der Waals surface area contributed by atoms with Crippen LogP contribution in [0.15, 0.2) is 54.9 Å². The SMILES string of the molecule is CN(c1nc2cccc(F)c2cc1-c1cccc(F)c1)c1ncnc(N)c1C#N. The molecule has 0 atom stereocenters. The highest BCUT2D eigenvalue weighted by molar-refractivity contribution is 5.91. The summed E-state index contributed by atoms with van der Waals surface area (Å²) in [6.07, 6.45) is 1.24. The first-order valence-corrected chi connectivity index (χ1v) is 8.59. The van der Waals surface area contributed by atoms with Gasteiger partial charge in [-0.25, -0.2) is 23.7 Å². The number of benzene rings is 2. The molecule has 2 aromatic carbocycles. The number of pyridine rings is 1. The minimum atomic E-state index is -0.439. The molecule has 4 aromatic rings. The van der Waals surface area contributed by atoms with E-state index in [2.05, 4.69) is 15.0 Å². The van der Waals surface area contributed by atoms with Gasteiger partial charge in [0.15, 0.2) is 5.82 Å². The third-order valence-corrected chi connectivity index (χ3v) is 4.53. The van der Waals surface area contributed by atoms with Gasteiger partial charge in [0, 0.05) is 18.0 Å². The number of nitrogen functional groups attached to an aromatic ring is 1. The molecule has 6 nitrogen and oxygen atoms in total. The summed E-state index contributed by atoms with van der Waals surface area (Å²) in [5.41, 5.74) is 7.28. The zero-order valence-electron chi connectivity index (χ0n) is 15.3. The van der Waals surface area contributed by atoms with Crippen molar-refractivity contribution in [3.8, 4) is 17.2 Å². The Balaban J connectivity index is 2.02. The van der Waals surface area contributed by atoms with Gasteiger partial charge < -0.3 is 10.6 Å². The summed E-state index contributed by atoms with van der Waals surface area (Å²) in [6, 6.07) is 14.1. The number of nitriles is 1. The van der Waals surface area contributed by atoms with Crippen LogP contribution in [0, 0.1) is 23.0 Å². The first kappa shape index (κ1) is 18.3. The topological polar surface area (TPSA) is 91.7 Å². The quantitative estimate of drug-likeness (QED) is 0.566. The molecular formula is C21H14F2N6. The zero-order valence-corrected chi connectivity index (χ0v) is 15.3. The number of aromatic nitrogens is 3. The smallest absolute Gasteiger partial charge is 0.157 e. The Kier molecular flexibility index (Phi) is 4.49. The molecule has 2 N–H and O–H groups in total. The molecule has 142 valence electrons. The standard InChI is InChI=1S/C21H14F2N6/c1-29(20-16(10-24)19(25)26-11-27-20)21-14(12-4-2-5-13(22)8-12)9-15-17(23)6-3-7-18(15)28-21/h2-9,11H,1H3,(H2,25,26,27). The van der Waals surface area contributed by atoms with Crippen LogP contribution in [0.5, 0.6) is 0 Å². The summed E-state index contributed by atoms with van der Waals surface area (Å²) >= 11 is 0. The fourth-order valence-corrected chi connectivity index (χ4v) is 3.12. The van der Waals surface area contributed by atoms with Gasteiger partial charge in [0.25, 0.3) is 0 Å². The molecule has 0 bridgehead atoms. The molecule has 0 spiro atoms. The summed E-state index contributed by atoms with van der Waals surface area (Å²) in [5.74, 6) is -0.243. The van der Waals surface area contributed by atoms with Crippen molar-refractivity contribution in [2.45, 2.75) is 0 Å². The normalized spacial score (nSPS) is 10.7. The van der Waals surface area contributed by atoms with Crippen LogP contribution in [0.4, 0.5) is 26.2 Å². The van der Waals surface area contributed by atoms with E-state index < -0.39 is 11.6 Å². The van der Waals surface area contributed by atoms with E-state index in [4.69, 9.17) is 5.73 Å². The van der Waals surface area contributed by atoms with Gasteiger partial charge in [-0.1, -0.05) is 18.2 Å². The predicted molar refractivity (Wildman–Crippen MR) is 106 cm³/mol. The summed E-state index contributed by atoms with van der Waals surface area (Å²) in [7, 11) is 1.65. The molecule has 4 rings (SSSR count). The van der Waals surface area contributed by atoms with Crippen LogP contribution >= 0.6 is 0 Å². The van der Waals surface area contributed by atoms with Gasteiger partial charge in [0.1, 0.15) is 41.2 Å². The average molecular weight is 388 g/mol. The van der Waals surface area contributed by atoms with Gasteiger partial charge in [0.05, 0.1) is 5.52 Å². The minimum absolute atomic E-state index is 0.0310. The maximum absolute atomic E-state index is 14.4. The van der Waals surface area contributed by atoms with E-state index in [-0.39, 0.29) is 17.2 Å². The Morgan fingerprint density at radius 3 is 2.59 bits per heavy atom. The summed E-state index contributed by atoms with van der Waals surface area (Å²) < 4.78 is 28.3. The number of rotatable bonds is 3. The number of hydrogen-bond acceptors (Lipinski definition) is 6. The van der Waals surface area contributed by atoms with Crippen molar-refractivity contribution in [3.05, 3.63) is 72.1 Å². The number of nitrogens with zero attached hydrogens (tertiary/aromatic N) is 5. The van der Waals surface area contributed by atoms with E-state index in [0.717, 1.165) is 0 Å². The molecule has 0 aliphatic carbocycles. The van der Waals surface area contributed by atoms with Gasteiger partial charge >= 0.3 is 0 Å². The van der Waals surface area contributed by atoms with Crippen molar-refractivity contribution in [1.82, 2.24) is 15.0 Å². The molecule has 8 heteroatoms. The largest absolute Gasteiger partial charge is 0.382 e. The monoisotopic (exact) mass is 388 g/mol. The second kappa shape index (κ2) is 7.13. The number of halogens is 2. The second-order valence-electron chi connectivity index (χ2n) is 6.30. The molecule has 0 fully saturated rings. The Morgan fingerprint density at radius 1 is 1.03 bits per heavy atom. The highest BCUT2D eigenvalue weighted by Gasteiger charge is 2.20. The van der Waals surface area contributed by atoms with Crippen LogP contribution < -0.4 is 10.6 Å². The van der Waals surface area contributed by atoms with Crippen LogP contribution in [0.25, 0.3) is 22.0 Å². The summed E-state index contributed by atoms with van der Waals surface area (Å²) in [4.78, 5) is 14.1. The van der Waals surface area contributed by atoms with E-state index in [1.165, 1.54) is 24.5 Å². The Morgan fingerprint density at radius 2 is 1.83 bits per heavy atom. The number of nitrogens with two attached hydrogens (primary N) is 1. The highest BCUT2D eigenvalue weighted by Crippen LogP contribution is 2.36. The summed E-state index contributed by atoms with van der Waals surface area (Å²) in [5, 5.41) is 9.77. The average Bonchev–Trinajstić information content (AvgIpc) is 2.72. The maximum atomic E-state index is 14.4.